The maximum atomic E-state index is 8.95. The number of furan rings is 1. The van der Waals surface area contributed by atoms with Gasteiger partial charge < -0.3 is 14.8 Å². The number of nitrogens with zero attached hydrogens (tertiary/aromatic N) is 2. The molecule has 0 radical (unpaired) electrons. The lowest BCUT2D eigenvalue weighted by Gasteiger charge is -2.02. The standard InChI is InChI=1S/C15H11N3O2/c16-7-11(8-17)9-18-13-3-1-12(2-4-13)15-6-5-14(10-19)20-15/h1-6,9,18-19H,10H2. The van der Waals surface area contributed by atoms with Crippen LogP contribution in [0.5, 0.6) is 0 Å². The molecule has 2 rings (SSSR count). The summed E-state index contributed by atoms with van der Waals surface area (Å²) in [5.74, 6) is 1.18. The highest BCUT2D eigenvalue weighted by Crippen LogP contribution is 2.23. The van der Waals surface area contributed by atoms with Crippen LogP contribution in [0.25, 0.3) is 11.3 Å². The normalized spacial score (nSPS) is 9.35. The van der Waals surface area contributed by atoms with E-state index >= 15 is 0 Å². The number of aliphatic hydroxyl groups excluding tert-OH is 1. The zero-order chi connectivity index (χ0) is 14.4. The van der Waals surface area contributed by atoms with Crippen molar-refractivity contribution in [2.24, 2.45) is 0 Å². The molecule has 0 atom stereocenters. The lowest BCUT2D eigenvalue weighted by Crippen LogP contribution is -1.89. The highest BCUT2D eigenvalue weighted by molar-refractivity contribution is 5.62. The summed E-state index contributed by atoms with van der Waals surface area (Å²) in [5.41, 5.74) is 1.64. The van der Waals surface area contributed by atoms with E-state index in [0.717, 1.165) is 11.3 Å². The first-order chi connectivity index (χ1) is 9.76. The molecule has 1 aromatic heterocycles. The summed E-state index contributed by atoms with van der Waals surface area (Å²) >= 11 is 0. The first-order valence-corrected chi connectivity index (χ1v) is 5.83. The van der Waals surface area contributed by atoms with Gasteiger partial charge in [0, 0.05) is 17.5 Å². The summed E-state index contributed by atoms with van der Waals surface area (Å²) in [6.07, 6.45) is 1.35. The molecule has 5 heteroatoms. The number of rotatable bonds is 4. The van der Waals surface area contributed by atoms with Crippen molar-refractivity contribution in [2.75, 3.05) is 5.32 Å². The largest absolute Gasteiger partial charge is 0.459 e. The first-order valence-electron chi connectivity index (χ1n) is 5.83. The van der Waals surface area contributed by atoms with E-state index in [0.29, 0.717) is 11.5 Å². The second-order valence-corrected chi connectivity index (χ2v) is 3.93. The first kappa shape index (κ1) is 13.4. The molecule has 98 valence electrons. The number of allylic oxidation sites excluding steroid dienone is 1. The average molecular weight is 265 g/mol. The molecule has 0 unspecified atom stereocenters. The number of hydrogen-bond acceptors (Lipinski definition) is 5. The Morgan fingerprint density at radius 2 is 1.85 bits per heavy atom. The molecule has 0 spiro atoms. The molecule has 2 N–H and O–H groups in total. The Bertz CT molecular complexity index is 684. The van der Waals surface area contributed by atoms with Crippen LogP contribution in [-0.4, -0.2) is 5.11 Å². The van der Waals surface area contributed by atoms with Gasteiger partial charge in [-0.15, -0.1) is 0 Å². The third-order valence-corrected chi connectivity index (χ3v) is 2.61. The fraction of sp³-hybridized carbons (Fsp3) is 0.0667. The van der Waals surface area contributed by atoms with Crippen LogP contribution in [0.15, 0.2) is 52.6 Å². The fourth-order valence-corrected chi connectivity index (χ4v) is 1.59. The molecular formula is C15H11N3O2. The minimum atomic E-state index is -0.129. The molecule has 0 aliphatic rings. The zero-order valence-corrected chi connectivity index (χ0v) is 10.5. The van der Waals surface area contributed by atoms with Crippen LogP contribution in [-0.2, 0) is 6.61 Å². The molecule has 0 aliphatic heterocycles. The number of benzene rings is 1. The van der Waals surface area contributed by atoms with Gasteiger partial charge in [-0.2, -0.15) is 10.5 Å². The van der Waals surface area contributed by atoms with Crippen molar-refractivity contribution in [2.45, 2.75) is 6.61 Å². The zero-order valence-electron chi connectivity index (χ0n) is 10.5. The van der Waals surface area contributed by atoms with E-state index in [-0.39, 0.29) is 12.2 Å². The van der Waals surface area contributed by atoms with Crippen LogP contribution in [0.4, 0.5) is 5.69 Å². The Morgan fingerprint density at radius 1 is 1.15 bits per heavy atom. The second kappa shape index (κ2) is 6.24. The van der Waals surface area contributed by atoms with E-state index in [1.165, 1.54) is 6.20 Å². The molecule has 0 aliphatic carbocycles. The van der Waals surface area contributed by atoms with Gasteiger partial charge in [0.05, 0.1) is 0 Å². The van der Waals surface area contributed by atoms with Gasteiger partial charge in [0.25, 0.3) is 0 Å². The lowest BCUT2D eigenvalue weighted by molar-refractivity contribution is 0.248. The maximum Gasteiger partial charge on any atom is 0.145 e. The van der Waals surface area contributed by atoms with Gasteiger partial charge in [0.1, 0.15) is 35.8 Å². The smallest absolute Gasteiger partial charge is 0.145 e. The predicted octanol–water partition coefficient (Wildman–Crippen LogP) is 2.78. The second-order valence-electron chi connectivity index (χ2n) is 3.93. The van der Waals surface area contributed by atoms with E-state index in [9.17, 15) is 0 Å². The van der Waals surface area contributed by atoms with Crippen molar-refractivity contribution in [3.05, 3.63) is 53.9 Å². The van der Waals surface area contributed by atoms with Crippen molar-refractivity contribution in [3.8, 4) is 23.5 Å². The van der Waals surface area contributed by atoms with Crippen molar-refractivity contribution >= 4 is 5.69 Å². The highest BCUT2D eigenvalue weighted by atomic mass is 16.4. The van der Waals surface area contributed by atoms with Gasteiger partial charge in [-0.3, -0.25) is 0 Å². The summed E-state index contributed by atoms with van der Waals surface area (Å²) in [7, 11) is 0. The molecule has 0 fully saturated rings. The molecule has 0 amide bonds. The van der Waals surface area contributed by atoms with E-state index in [4.69, 9.17) is 20.0 Å². The number of aliphatic hydroxyl groups is 1. The van der Waals surface area contributed by atoms with Crippen LogP contribution in [0, 0.1) is 22.7 Å². The van der Waals surface area contributed by atoms with Gasteiger partial charge in [0.2, 0.25) is 0 Å². The van der Waals surface area contributed by atoms with E-state index < -0.39 is 0 Å². The quantitative estimate of drug-likeness (QED) is 0.829. The number of anilines is 1. The Morgan fingerprint density at radius 3 is 2.40 bits per heavy atom. The molecule has 1 heterocycles. The summed E-state index contributed by atoms with van der Waals surface area (Å²) in [6.45, 7) is -0.129. The van der Waals surface area contributed by atoms with Crippen molar-refractivity contribution in [3.63, 3.8) is 0 Å². The molecule has 0 saturated heterocycles. The van der Waals surface area contributed by atoms with E-state index in [2.05, 4.69) is 5.32 Å². The Balaban J connectivity index is 2.13. The monoisotopic (exact) mass is 265 g/mol. The van der Waals surface area contributed by atoms with Gasteiger partial charge in [-0.1, -0.05) is 0 Å². The van der Waals surface area contributed by atoms with Crippen molar-refractivity contribution < 1.29 is 9.52 Å². The van der Waals surface area contributed by atoms with E-state index in [1.54, 1.807) is 36.4 Å². The van der Waals surface area contributed by atoms with Crippen molar-refractivity contribution in [1.29, 1.82) is 10.5 Å². The number of hydrogen-bond donors (Lipinski definition) is 2. The van der Waals surface area contributed by atoms with Gasteiger partial charge in [0.15, 0.2) is 0 Å². The van der Waals surface area contributed by atoms with E-state index in [1.807, 2.05) is 12.1 Å². The summed E-state index contributed by atoms with van der Waals surface area (Å²) < 4.78 is 5.42. The molecule has 2 aromatic rings. The van der Waals surface area contributed by atoms with Crippen LogP contribution in [0.3, 0.4) is 0 Å². The predicted molar refractivity (Wildman–Crippen MR) is 73.0 cm³/mol. The number of nitrogens with one attached hydrogen (secondary N) is 1. The molecule has 5 nitrogen and oxygen atoms in total. The number of nitriles is 2. The Labute approximate surface area is 116 Å². The van der Waals surface area contributed by atoms with Gasteiger partial charge >= 0.3 is 0 Å². The molecule has 0 saturated carbocycles. The summed E-state index contributed by atoms with van der Waals surface area (Å²) in [6, 6.07) is 14.3. The van der Waals surface area contributed by atoms with Crippen LogP contribution in [0.1, 0.15) is 5.76 Å². The maximum absolute atomic E-state index is 8.95. The van der Waals surface area contributed by atoms with Gasteiger partial charge in [-0.05, 0) is 36.4 Å². The highest BCUT2D eigenvalue weighted by Gasteiger charge is 2.03. The average Bonchev–Trinajstić information content (AvgIpc) is 2.98. The third-order valence-electron chi connectivity index (χ3n) is 2.61. The fourth-order valence-electron chi connectivity index (χ4n) is 1.59. The molecule has 1 aromatic carbocycles. The summed E-state index contributed by atoms with van der Waals surface area (Å²) in [4.78, 5) is 0. The SMILES string of the molecule is N#CC(C#N)=CNc1ccc(-c2ccc(CO)o2)cc1. The van der Waals surface area contributed by atoms with Crippen LogP contribution >= 0.6 is 0 Å². The third kappa shape index (κ3) is 3.05. The van der Waals surface area contributed by atoms with Gasteiger partial charge in [-0.25, -0.2) is 0 Å². The van der Waals surface area contributed by atoms with Crippen molar-refractivity contribution in [1.82, 2.24) is 0 Å². The molecular weight excluding hydrogens is 254 g/mol. The van der Waals surface area contributed by atoms with Crippen LogP contribution < -0.4 is 5.32 Å². The molecule has 20 heavy (non-hydrogen) atoms. The minimum absolute atomic E-state index is 0.00713. The Kier molecular flexibility index (Phi) is 4.18. The van der Waals surface area contributed by atoms with Crippen LogP contribution in [0.2, 0.25) is 0 Å². The lowest BCUT2D eigenvalue weighted by atomic mass is 10.1. The topological polar surface area (TPSA) is 93.0 Å². The Hall–Kier alpha value is -3.02. The molecule has 0 bridgehead atoms. The summed E-state index contributed by atoms with van der Waals surface area (Å²) in [5, 5.41) is 29.0. The minimum Gasteiger partial charge on any atom is -0.459 e.